The summed E-state index contributed by atoms with van der Waals surface area (Å²) in [5.41, 5.74) is 8.26. The molecule has 0 aliphatic heterocycles. The van der Waals surface area contributed by atoms with Gasteiger partial charge in [-0.15, -0.1) is 0 Å². The molecule has 1 fully saturated rings. The average Bonchev–Trinajstić information content (AvgIpc) is 3.10. The topological polar surface area (TPSA) is 43.8 Å². The van der Waals surface area contributed by atoms with Crippen LogP contribution in [0, 0.1) is 5.92 Å². The molecule has 1 saturated carbocycles. The van der Waals surface area contributed by atoms with E-state index in [4.69, 9.17) is 17.3 Å². The molecule has 96 valence electrons. The average molecular weight is 256 g/mol. The van der Waals surface area contributed by atoms with Crippen molar-refractivity contribution in [2.45, 2.75) is 51.5 Å². The van der Waals surface area contributed by atoms with Crippen LogP contribution in [-0.2, 0) is 19.9 Å². The smallest absolute Gasteiger partial charge is 0.0849 e. The second-order valence-corrected chi connectivity index (χ2v) is 5.46. The lowest BCUT2D eigenvalue weighted by atomic mass is 10.0. The summed E-state index contributed by atoms with van der Waals surface area (Å²) in [6.45, 7) is 2.08. The van der Waals surface area contributed by atoms with Gasteiger partial charge in [0.15, 0.2) is 0 Å². The molecule has 1 unspecified atom stereocenters. The van der Waals surface area contributed by atoms with E-state index in [1.165, 1.54) is 12.8 Å². The van der Waals surface area contributed by atoms with Gasteiger partial charge in [-0.3, -0.25) is 4.68 Å². The third-order valence-corrected chi connectivity index (χ3v) is 4.12. The van der Waals surface area contributed by atoms with Gasteiger partial charge in [-0.2, -0.15) is 5.10 Å². The zero-order chi connectivity index (χ0) is 12.4. The van der Waals surface area contributed by atoms with Gasteiger partial charge in [0.1, 0.15) is 0 Å². The minimum Gasteiger partial charge on any atom is -0.327 e. The van der Waals surface area contributed by atoms with Crippen LogP contribution in [0.2, 0.25) is 5.02 Å². The molecule has 0 aromatic carbocycles. The number of aromatic nitrogens is 2. The van der Waals surface area contributed by atoms with E-state index in [0.717, 1.165) is 48.0 Å². The van der Waals surface area contributed by atoms with Crippen LogP contribution in [0.3, 0.4) is 0 Å². The first kappa shape index (κ1) is 12.9. The molecule has 0 spiro atoms. The van der Waals surface area contributed by atoms with E-state index in [-0.39, 0.29) is 0 Å². The van der Waals surface area contributed by atoms with Gasteiger partial charge in [-0.05, 0) is 44.4 Å². The number of halogens is 1. The third kappa shape index (κ3) is 3.02. The molecule has 0 radical (unpaired) electrons. The fourth-order valence-corrected chi connectivity index (χ4v) is 2.74. The molecule has 0 amide bonds. The molecule has 17 heavy (non-hydrogen) atoms. The lowest BCUT2D eigenvalue weighted by Crippen LogP contribution is -2.22. The molecule has 1 heterocycles. The first-order valence-corrected chi connectivity index (χ1v) is 6.97. The quantitative estimate of drug-likeness (QED) is 0.850. The predicted molar refractivity (Wildman–Crippen MR) is 71.2 cm³/mol. The van der Waals surface area contributed by atoms with Gasteiger partial charge in [-0.1, -0.05) is 18.5 Å². The van der Waals surface area contributed by atoms with E-state index < -0.39 is 0 Å². The molecule has 0 bridgehead atoms. The zero-order valence-corrected chi connectivity index (χ0v) is 11.5. The molecule has 3 nitrogen and oxygen atoms in total. The van der Waals surface area contributed by atoms with Crippen LogP contribution >= 0.6 is 11.6 Å². The third-order valence-electron chi connectivity index (χ3n) is 3.68. The molecule has 1 aromatic heterocycles. The Morgan fingerprint density at radius 1 is 1.53 bits per heavy atom. The van der Waals surface area contributed by atoms with Crippen LogP contribution in [0.4, 0.5) is 0 Å². The highest BCUT2D eigenvalue weighted by atomic mass is 35.5. The van der Waals surface area contributed by atoms with Crippen LogP contribution in [0.1, 0.15) is 44.0 Å². The number of aryl methyl sites for hydroxylation is 2. The van der Waals surface area contributed by atoms with E-state index in [1.807, 2.05) is 11.7 Å². The maximum Gasteiger partial charge on any atom is 0.0849 e. The van der Waals surface area contributed by atoms with Crippen molar-refractivity contribution >= 4 is 11.6 Å². The summed E-state index contributed by atoms with van der Waals surface area (Å²) in [4.78, 5) is 0. The molecule has 1 aliphatic rings. The molecular formula is C13H22ClN3. The van der Waals surface area contributed by atoms with Gasteiger partial charge in [0.25, 0.3) is 0 Å². The SMILES string of the molecule is CCc1nn(C)c(CCCC(N)C2CC2)c1Cl. The van der Waals surface area contributed by atoms with Crippen molar-refractivity contribution in [1.29, 1.82) is 0 Å². The van der Waals surface area contributed by atoms with E-state index in [1.54, 1.807) is 0 Å². The Balaban J connectivity index is 1.87. The van der Waals surface area contributed by atoms with Crippen molar-refractivity contribution < 1.29 is 0 Å². The number of nitrogens with two attached hydrogens (primary N) is 1. The van der Waals surface area contributed by atoms with Crippen molar-refractivity contribution in [3.8, 4) is 0 Å². The van der Waals surface area contributed by atoms with Gasteiger partial charge >= 0.3 is 0 Å². The van der Waals surface area contributed by atoms with Crippen LogP contribution in [-0.4, -0.2) is 15.8 Å². The Kier molecular flexibility index (Phi) is 4.10. The van der Waals surface area contributed by atoms with E-state index in [2.05, 4.69) is 12.0 Å². The van der Waals surface area contributed by atoms with Crippen molar-refractivity contribution in [2.75, 3.05) is 0 Å². The summed E-state index contributed by atoms with van der Waals surface area (Å²) >= 11 is 6.31. The summed E-state index contributed by atoms with van der Waals surface area (Å²) < 4.78 is 1.92. The van der Waals surface area contributed by atoms with E-state index in [0.29, 0.717) is 6.04 Å². The maximum atomic E-state index is 6.31. The monoisotopic (exact) mass is 255 g/mol. The minimum atomic E-state index is 0.396. The second-order valence-electron chi connectivity index (χ2n) is 5.08. The summed E-state index contributed by atoms with van der Waals surface area (Å²) in [6.07, 6.45) is 6.76. The highest BCUT2D eigenvalue weighted by molar-refractivity contribution is 6.31. The Morgan fingerprint density at radius 2 is 2.24 bits per heavy atom. The highest BCUT2D eigenvalue weighted by Gasteiger charge is 2.27. The highest BCUT2D eigenvalue weighted by Crippen LogP contribution is 2.33. The first-order chi connectivity index (χ1) is 8.13. The van der Waals surface area contributed by atoms with Crippen LogP contribution in [0.5, 0.6) is 0 Å². The van der Waals surface area contributed by atoms with Crippen LogP contribution < -0.4 is 5.73 Å². The molecule has 0 saturated heterocycles. The summed E-state index contributed by atoms with van der Waals surface area (Å²) in [6, 6.07) is 0.396. The Hall–Kier alpha value is -0.540. The molecule has 2 N–H and O–H groups in total. The van der Waals surface area contributed by atoms with Crippen LogP contribution in [0.15, 0.2) is 0 Å². The van der Waals surface area contributed by atoms with Gasteiger partial charge in [0.2, 0.25) is 0 Å². The van der Waals surface area contributed by atoms with Crippen molar-refractivity contribution in [2.24, 2.45) is 18.7 Å². The zero-order valence-electron chi connectivity index (χ0n) is 10.7. The van der Waals surface area contributed by atoms with Crippen molar-refractivity contribution in [1.82, 2.24) is 9.78 Å². The molecule has 1 atom stereocenters. The largest absolute Gasteiger partial charge is 0.327 e. The van der Waals surface area contributed by atoms with Crippen molar-refractivity contribution in [3.05, 3.63) is 16.4 Å². The first-order valence-electron chi connectivity index (χ1n) is 6.59. The molecule has 1 aliphatic carbocycles. The Labute approximate surface area is 108 Å². The summed E-state index contributed by atoms with van der Waals surface area (Å²) in [5, 5.41) is 5.28. The molecule has 2 rings (SSSR count). The normalized spacial score (nSPS) is 17.4. The van der Waals surface area contributed by atoms with Crippen molar-refractivity contribution in [3.63, 3.8) is 0 Å². The maximum absolute atomic E-state index is 6.31. The fraction of sp³-hybridized carbons (Fsp3) is 0.769. The van der Waals surface area contributed by atoms with Crippen LogP contribution in [0.25, 0.3) is 0 Å². The predicted octanol–water partition coefficient (Wildman–Crippen LogP) is 2.70. The standard InChI is InChI=1S/C13H22ClN3/c1-3-11-13(14)12(17(2)16-11)6-4-5-10(15)9-7-8-9/h9-10H,3-8,15H2,1-2H3. The van der Waals surface area contributed by atoms with E-state index in [9.17, 15) is 0 Å². The van der Waals surface area contributed by atoms with Gasteiger partial charge in [0, 0.05) is 13.1 Å². The summed E-state index contributed by atoms with van der Waals surface area (Å²) in [7, 11) is 1.97. The summed E-state index contributed by atoms with van der Waals surface area (Å²) in [5.74, 6) is 0.795. The number of nitrogens with zero attached hydrogens (tertiary/aromatic N) is 2. The molecule has 1 aromatic rings. The second kappa shape index (κ2) is 5.40. The molecule has 4 heteroatoms. The van der Waals surface area contributed by atoms with Gasteiger partial charge < -0.3 is 5.73 Å². The van der Waals surface area contributed by atoms with E-state index >= 15 is 0 Å². The Morgan fingerprint density at radius 3 is 2.76 bits per heavy atom. The number of rotatable bonds is 6. The lowest BCUT2D eigenvalue weighted by molar-refractivity contribution is 0.521. The van der Waals surface area contributed by atoms with Gasteiger partial charge in [0.05, 0.1) is 16.4 Å². The van der Waals surface area contributed by atoms with Gasteiger partial charge in [-0.25, -0.2) is 0 Å². The lowest BCUT2D eigenvalue weighted by Gasteiger charge is -2.09. The fourth-order valence-electron chi connectivity index (χ4n) is 2.36. The number of hydrogen-bond acceptors (Lipinski definition) is 2. The molecular weight excluding hydrogens is 234 g/mol. The minimum absolute atomic E-state index is 0.396. The number of hydrogen-bond donors (Lipinski definition) is 1. The Bertz CT molecular complexity index is 382.